The van der Waals surface area contributed by atoms with E-state index < -0.39 is 0 Å². The van der Waals surface area contributed by atoms with Crippen LogP contribution in [0.2, 0.25) is 0 Å². The largest absolute Gasteiger partial charge is 0.463 e. The minimum atomic E-state index is -0.229. The lowest BCUT2D eigenvalue weighted by atomic mass is 9.74. The zero-order valence-corrected chi connectivity index (χ0v) is 11.9. The van der Waals surface area contributed by atoms with Crippen LogP contribution in [0.5, 0.6) is 0 Å². The van der Waals surface area contributed by atoms with Crippen molar-refractivity contribution in [3.05, 3.63) is 0 Å². The molecule has 1 aliphatic heterocycles. The van der Waals surface area contributed by atoms with Gasteiger partial charge in [0.2, 0.25) is 0 Å². The second kappa shape index (κ2) is 5.85. The van der Waals surface area contributed by atoms with Crippen molar-refractivity contribution < 1.29 is 14.3 Å². The first-order valence-electron chi connectivity index (χ1n) is 6.63. The number of carbonyl (C=O) groups excluding carboxylic acids is 1. The highest BCUT2D eigenvalue weighted by Gasteiger charge is 2.40. The molecule has 0 spiro atoms. The van der Waals surface area contributed by atoms with Gasteiger partial charge in [0.1, 0.15) is 6.61 Å². The van der Waals surface area contributed by atoms with E-state index in [0.717, 1.165) is 0 Å². The van der Waals surface area contributed by atoms with Gasteiger partial charge in [0.15, 0.2) is 0 Å². The van der Waals surface area contributed by atoms with Crippen LogP contribution in [-0.4, -0.2) is 24.8 Å². The van der Waals surface area contributed by atoms with Gasteiger partial charge in [0, 0.05) is 6.92 Å². The lowest BCUT2D eigenvalue weighted by Crippen LogP contribution is -2.48. The summed E-state index contributed by atoms with van der Waals surface area (Å²) in [6.07, 6.45) is 0.305. The molecule has 1 unspecified atom stereocenters. The normalized spacial score (nSPS) is 38.2. The molecule has 0 radical (unpaired) electrons. The van der Waals surface area contributed by atoms with Crippen LogP contribution in [0.25, 0.3) is 0 Å². The van der Waals surface area contributed by atoms with E-state index in [-0.39, 0.29) is 18.2 Å². The Morgan fingerprint density at radius 3 is 2.24 bits per heavy atom. The quantitative estimate of drug-likeness (QED) is 0.714. The number of hydrogen-bond acceptors (Lipinski definition) is 3. The van der Waals surface area contributed by atoms with Crippen molar-refractivity contribution in [2.45, 2.75) is 53.8 Å². The second-order valence-corrected chi connectivity index (χ2v) is 5.76. The molecule has 0 N–H and O–H groups in total. The Balaban J connectivity index is 2.67. The lowest BCUT2D eigenvalue weighted by Gasteiger charge is -2.45. The fourth-order valence-corrected chi connectivity index (χ4v) is 2.72. The number of hydrogen-bond donors (Lipinski definition) is 0. The molecule has 3 heteroatoms. The Kier molecular flexibility index (Phi) is 4.99. The first-order valence-corrected chi connectivity index (χ1v) is 6.63. The van der Waals surface area contributed by atoms with Gasteiger partial charge in [0.25, 0.3) is 0 Å². The van der Waals surface area contributed by atoms with Crippen molar-refractivity contribution in [1.82, 2.24) is 0 Å². The van der Waals surface area contributed by atoms with Crippen LogP contribution in [0.3, 0.4) is 0 Å². The molecule has 17 heavy (non-hydrogen) atoms. The van der Waals surface area contributed by atoms with Gasteiger partial charge in [-0.15, -0.1) is 0 Å². The molecule has 0 saturated carbocycles. The molecule has 1 heterocycles. The van der Waals surface area contributed by atoms with Gasteiger partial charge in [0.05, 0.1) is 12.2 Å². The zero-order chi connectivity index (χ0) is 13.2. The molecule has 100 valence electrons. The van der Waals surface area contributed by atoms with Crippen molar-refractivity contribution in [1.29, 1.82) is 0 Å². The van der Waals surface area contributed by atoms with Crippen LogP contribution in [0, 0.1) is 23.7 Å². The molecule has 0 aromatic rings. The van der Waals surface area contributed by atoms with E-state index in [1.807, 2.05) is 0 Å². The molecule has 1 aliphatic rings. The summed E-state index contributed by atoms with van der Waals surface area (Å²) in [7, 11) is 0. The van der Waals surface area contributed by atoms with Gasteiger partial charge < -0.3 is 9.47 Å². The molecular weight excluding hydrogens is 216 g/mol. The number of ether oxygens (including phenoxy) is 2. The second-order valence-electron chi connectivity index (χ2n) is 5.76. The molecule has 1 saturated heterocycles. The van der Waals surface area contributed by atoms with Gasteiger partial charge in [-0.3, -0.25) is 4.79 Å². The van der Waals surface area contributed by atoms with Crippen molar-refractivity contribution in [3.8, 4) is 0 Å². The predicted molar refractivity (Wildman–Crippen MR) is 67.6 cm³/mol. The monoisotopic (exact) mass is 242 g/mol. The molecular formula is C14H26O3. The minimum absolute atomic E-state index is 0.0394. The Bertz CT molecular complexity index is 262. The Labute approximate surface area is 105 Å². The summed E-state index contributed by atoms with van der Waals surface area (Å²) in [4.78, 5) is 10.9. The summed E-state index contributed by atoms with van der Waals surface area (Å²) in [5.41, 5.74) is 0. The molecule has 3 nitrogen and oxygen atoms in total. The molecule has 1 fully saturated rings. The van der Waals surface area contributed by atoms with Crippen LogP contribution in [0.4, 0.5) is 0 Å². The summed E-state index contributed by atoms with van der Waals surface area (Å²) >= 11 is 0. The van der Waals surface area contributed by atoms with Crippen LogP contribution in [-0.2, 0) is 14.3 Å². The third-order valence-electron chi connectivity index (χ3n) is 4.20. The molecule has 5 atom stereocenters. The van der Waals surface area contributed by atoms with Gasteiger partial charge in [-0.05, 0) is 23.7 Å². The average molecular weight is 242 g/mol. The van der Waals surface area contributed by atoms with Gasteiger partial charge >= 0.3 is 5.97 Å². The minimum Gasteiger partial charge on any atom is -0.463 e. The van der Waals surface area contributed by atoms with Crippen molar-refractivity contribution >= 4 is 5.97 Å². The Hall–Kier alpha value is -0.570. The van der Waals surface area contributed by atoms with E-state index in [1.54, 1.807) is 0 Å². The van der Waals surface area contributed by atoms with Crippen LogP contribution in [0.15, 0.2) is 0 Å². The zero-order valence-electron chi connectivity index (χ0n) is 11.9. The summed E-state index contributed by atoms with van der Waals surface area (Å²) in [5.74, 6) is 1.85. The molecule has 1 rings (SSSR count). The molecule has 0 aromatic carbocycles. The Morgan fingerprint density at radius 1 is 1.18 bits per heavy atom. The topological polar surface area (TPSA) is 35.5 Å². The molecule has 0 aliphatic carbocycles. The smallest absolute Gasteiger partial charge is 0.302 e. The van der Waals surface area contributed by atoms with Crippen LogP contribution < -0.4 is 0 Å². The van der Waals surface area contributed by atoms with Crippen molar-refractivity contribution in [2.75, 3.05) is 6.61 Å². The summed E-state index contributed by atoms with van der Waals surface area (Å²) in [6.45, 7) is 12.9. The predicted octanol–water partition coefficient (Wildman–Crippen LogP) is 2.88. The molecule has 0 amide bonds. The first kappa shape index (κ1) is 14.5. The number of rotatable bonds is 3. The maximum Gasteiger partial charge on any atom is 0.302 e. The first-order chi connectivity index (χ1) is 7.84. The standard InChI is InChI=1S/C14H26O3/c1-8(2)14-11(5)9(3)10(4)13(17-14)7-16-12(6)15/h8-11,13-14H,7H2,1-6H3/t9-,10-,11+,13+,14?/m1/s1. The van der Waals surface area contributed by atoms with Gasteiger partial charge in [-0.1, -0.05) is 34.6 Å². The third-order valence-corrected chi connectivity index (χ3v) is 4.20. The highest BCUT2D eigenvalue weighted by molar-refractivity contribution is 5.65. The van der Waals surface area contributed by atoms with E-state index in [0.29, 0.717) is 30.3 Å². The summed E-state index contributed by atoms with van der Waals surface area (Å²) in [6, 6.07) is 0. The maximum atomic E-state index is 10.9. The SMILES string of the molecule is CC(=O)OC[C@@H]1OC(C(C)C)[C@@H](C)[C@H](C)[C@H]1C. The van der Waals surface area contributed by atoms with E-state index in [4.69, 9.17) is 9.47 Å². The van der Waals surface area contributed by atoms with Gasteiger partial charge in [-0.2, -0.15) is 0 Å². The highest BCUT2D eigenvalue weighted by Crippen LogP contribution is 2.37. The van der Waals surface area contributed by atoms with E-state index in [9.17, 15) is 4.79 Å². The van der Waals surface area contributed by atoms with E-state index >= 15 is 0 Å². The summed E-state index contributed by atoms with van der Waals surface area (Å²) < 4.78 is 11.2. The van der Waals surface area contributed by atoms with Crippen molar-refractivity contribution in [2.24, 2.45) is 23.7 Å². The fourth-order valence-electron chi connectivity index (χ4n) is 2.72. The maximum absolute atomic E-state index is 10.9. The van der Waals surface area contributed by atoms with E-state index in [2.05, 4.69) is 34.6 Å². The highest BCUT2D eigenvalue weighted by atomic mass is 16.6. The Morgan fingerprint density at radius 2 is 1.76 bits per heavy atom. The lowest BCUT2D eigenvalue weighted by molar-refractivity contribution is -0.176. The average Bonchev–Trinajstić information content (AvgIpc) is 2.24. The van der Waals surface area contributed by atoms with Crippen LogP contribution in [0.1, 0.15) is 41.5 Å². The number of esters is 1. The fraction of sp³-hybridized carbons (Fsp3) is 0.929. The number of carbonyl (C=O) groups is 1. The van der Waals surface area contributed by atoms with Crippen molar-refractivity contribution in [3.63, 3.8) is 0 Å². The third kappa shape index (κ3) is 3.44. The van der Waals surface area contributed by atoms with E-state index in [1.165, 1.54) is 6.92 Å². The van der Waals surface area contributed by atoms with Crippen LogP contribution >= 0.6 is 0 Å². The summed E-state index contributed by atoms with van der Waals surface area (Å²) in [5, 5.41) is 0. The van der Waals surface area contributed by atoms with Gasteiger partial charge in [-0.25, -0.2) is 0 Å². The molecule has 0 bridgehead atoms. The molecule has 0 aromatic heterocycles.